The van der Waals surface area contributed by atoms with Gasteiger partial charge in [0.2, 0.25) is 0 Å². The summed E-state index contributed by atoms with van der Waals surface area (Å²) in [6.07, 6.45) is 1.90. The van der Waals surface area contributed by atoms with E-state index < -0.39 is 0 Å². The van der Waals surface area contributed by atoms with E-state index in [2.05, 4.69) is 50.1 Å². The first-order chi connectivity index (χ1) is 6.09. The molecule has 1 rings (SSSR count). The summed E-state index contributed by atoms with van der Waals surface area (Å²) in [6, 6.07) is 4.63. The van der Waals surface area contributed by atoms with Gasteiger partial charge in [0, 0.05) is 11.7 Å². The Bertz CT molecular complexity index is 249. The van der Waals surface area contributed by atoms with Crippen molar-refractivity contribution in [2.24, 2.45) is 0 Å². The van der Waals surface area contributed by atoms with Crippen LogP contribution in [0.15, 0.2) is 18.3 Å². The van der Waals surface area contributed by atoms with Crippen molar-refractivity contribution in [1.29, 1.82) is 0 Å². The molecule has 1 N–H and O–H groups in total. The van der Waals surface area contributed by atoms with Crippen molar-refractivity contribution in [2.75, 3.05) is 5.32 Å². The standard InChI is InChI=1S/C11H18N2/c1-8(2)11-6-5-10(7-12-11)13-9(3)4/h5-9,13H,1-4H3. The third-order valence-corrected chi connectivity index (χ3v) is 1.83. The van der Waals surface area contributed by atoms with Crippen LogP contribution in [-0.2, 0) is 0 Å². The number of pyridine rings is 1. The van der Waals surface area contributed by atoms with E-state index in [9.17, 15) is 0 Å². The highest BCUT2D eigenvalue weighted by Gasteiger charge is 2.00. The zero-order valence-electron chi connectivity index (χ0n) is 8.83. The van der Waals surface area contributed by atoms with E-state index in [1.807, 2.05) is 6.20 Å². The second-order valence-electron chi connectivity index (χ2n) is 3.93. The summed E-state index contributed by atoms with van der Waals surface area (Å²) in [5, 5.41) is 3.31. The van der Waals surface area contributed by atoms with Gasteiger partial charge in [-0.15, -0.1) is 0 Å². The quantitative estimate of drug-likeness (QED) is 0.769. The first-order valence-electron chi connectivity index (χ1n) is 4.82. The van der Waals surface area contributed by atoms with Crippen LogP contribution in [0.5, 0.6) is 0 Å². The molecule has 0 saturated carbocycles. The minimum absolute atomic E-state index is 0.465. The highest BCUT2D eigenvalue weighted by atomic mass is 14.9. The van der Waals surface area contributed by atoms with Gasteiger partial charge in [-0.1, -0.05) is 13.8 Å². The van der Waals surface area contributed by atoms with Crippen LogP contribution >= 0.6 is 0 Å². The van der Waals surface area contributed by atoms with E-state index in [-0.39, 0.29) is 0 Å². The van der Waals surface area contributed by atoms with Gasteiger partial charge in [-0.2, -0.15) is 0 Å². The van der Waals surface area contributed by atoms with E-state index in [4.69, 9.17) is 0 Å². The molecule has 13 heavy (non-hydrogen) atoms. The topological polar surface area (TPSA) is 24.9 Å². The van der Waals surface area contributed by atoms with E-state index in [0.29, 0.717) is 12.0 Å². The van der Waals surface area contributed by atoms with Crippen LogP contribution < -0.4 is 5.32 Å². The lowest BCUT2D eigenvalue weighted by Crippen LogP contribution is -2.09. The van der Waals surface area contributed by atoms with E-state index in [1.54, 1.807) is 0 Å². The van der Waals surface area contributed by atoms with Crippen LogP contribution in [0.1, 0.15) is 39.3 Å². The Morgan fingerprint density at radius 3 is 2.23 bits per heavy atom. The SMILES string of the molecule is CC(C)Nc1ccc(C(C)C)nc1. The Morgan fingerprint density at radius 1 is 1.15 bits per heavy atom. The molecule has 0 unspecified atom stereocenters. The number of anilines is 1. The highest BCUT2D eigenvalue weighted by Crippen LogP contribution is 2.14. The summed E-state index contributed by atoms with van der Waals surface area (Å²) in [5.41, 5.74) is 2.24. The molecule has 0 spiro atoms. The number of nitrogens with zero attached hydrogens (tertiary/aromatic N) is 1. The third-order valence-electron chi connectivity index (χ3n) is 1.83. The first-order valence-corrected chi connectivity index (χ1v) is 4.82. The molecular formula is C11H18N2. The number of nitrogens with one attached hydrogen (secondary N) is 1. The summed E-state index contributed by atoms with van der Waals surface area (Å²) < 4.78 is 0. The minimum atomic E-state index is 0.465. The average molecular weight is 178 g/mol. The average Bonchev–Trinajstić information content (AvgIpc) is 2.04. The largest absolute Gasteiger partial charge is 0.382 e. The van der Waals surface area contributed by atoms with Gasteiger partial charge in [0.1, 0.15) is 0 Å². The van der Waals surface area contributed by atoms with Crippen molar-refractivity contribution in [3.63, 3.8) is 0 Å². The van der Waals surface area contributed by atoms with Crippen LogP contribution in [0.4, 0.5) is 5.69 Å². The molecule has 2 nitrogen and oxygen atoms in total. The third kappa shape index (κ3) is 3.05. The van der Waals surface area contributed by atoms with Crippen molar-refractivity contribution in [2.45, 2.75) is 39.7 Å². The number of hydrogen-bond acceptors (Lipinski definition) is 2. The van der Waals surface area contributed by atoms with Gasteiger partial charge in [0.15, 0.2) is 0 Å². The molecule has 0 aliphatic rings. The van der Waals surface area contributed by atoms with E-state index in [0.717, 1.165) is 11.4 Å². The molecule has 0 fully saturated rings. The van der Waals surface area contributed by atoms with Crippen LogP contribution in [-0.4, -0.2) is 11.0 Å². The number of rotatable bonds is 3. The molecule has 1 aromatic rings. The fraction of sp³-hybridized carbons (Fsp3) is 0.545. The Morgan fingerprint density at radius 2 is 1.85 bits per heavy atom. The smallest absolute Gasteiger partial charge is 0.0528 e. The minimum Gasteiger partial charge on any atom is -0.382 e. The molecule has 0 radical (unpaired) electrons. The van der Waals surface area contributed by atoms with Gasteiger partial charge in [-0.05, 0) is 31.9 Å². The zero-order chi connectivity index (χ0) is 9.84. The molecule has 2 heteroatoms. The lowest BCUT2D eigenvalue weighted by molar-refractivity contribution is 0.820. The molecule has 72 valence electrons. The summed E-state index contributed by atoms with van der Waals surface area (Å²) >= 11 is 0. The molecule has 0 atom stereocenters. The highest BCUT2D eigenvalue weighted by molar-refractivity contribution is 5.41. The molecule has 1 aromatic heterocycles. The van der Waals surface area contributed by atoms with Crippen molar-refractivity contribution in [3.05, 3.63) is 24.0 Å². The van der Waals surface area contributed by atoms with Gasteiger partial charge in [0.25, 0.3) is 0 Å². The maximum absolute atomic E-state index is 4.37. The normalized spacial score (nSPS) is 10.9. The molecule has 0 amide bonds. The van der Waals surface area contributed by atoms with Crippen LogP contribution in [0.2, 0.25) is 0 Å². The van der Waals surface area contributed by atoms with Gasteiger partial charge in [0.05, 0.1) is 11.9 Å². The van der Waals surface area contributed by atoms with Crippen molar-refractivity contribution >= 4 is 5.69 Å². The lowest BCUT2D eigenvalue weighted by atomic mass is 10.1. The van der Waals surface area contributed by atoms with Gasteiger partial charge in [-0.25, -0.2) is 0 Å². The van der Waals surface area contributed by atoms with Gasteiger partial charge in [-0.3, -0.25) is 4.98 Å². The lowest BCUT2D eigenvalue weighted by Gasteiger charge is -2.10. The number of aromatic nitrogens is 1. The fourth-order valence-electron chi connectivity index (χ4n) is 1.17. The fourth-order valence-corrected chi connectivity index (χ4v) is 1.17. The second-order valence-corrected chi connectivity index (χ2v) is 3.93. The summed E-state index contributed by atoms with van der Waals surface area (Å²) in [4.78, 5) is 4.37. The second kappa shape index (κ2) is 4.26. The van der Waals surface area contributed by atoms with Crippen LogP contribution in [0.3, 0.4) is 0 Å². The summed E-state index contributed by atoms with van der Waals surface area (Å²) in [5.74, 6) is 0.507. The first kappa shape index (κ1) is 10.0. The Hall–Kier alpha value is -1.05. The predicted molar refractivity (Wildman–Crippen MR) is 57.1 cm³/mol. The van der Waals surface area contributed by atoms with Gasteiger partial charge >= 0.3 is 0 Å². The van der Waals surface area contributed by atoms with Crippen molar-refractivity contribution in [3.8, 4) is 0 Å². The molecule has 0 saturated heterocycles. The summed E-state index contributed by atoms with van der Waals surface area (Å²) in [6.45, 7) is 8.54. The maximum atomic E-state index is 4.37. The molecule has 1 heterocycles. The Labute approximate surface area is 80.4 Å². The van der Waals surface area contributed by atoms with Crippen LogP contribution in [0, 0.1) is 0 Å². The molecule has 0 aliphatic carbocycles. The number of hydrogen-bond donors (Lipinski definition) is 1. The molecular weight excluding hydrogens is 160 g/mol. The van der Waals surface area contributed by atoms with Crippen molar-refractivity contribution < 1.29 is 0 Å². The predicted octanol–water partition coefficient (Wildman–Crippen LogP) is 3.03. The molecule has 0 aromatic carbocycles. The molecule has 0 aliphatic heterocycles. The summed E-state index contributed by atoms with van der Waals surface area (Å²) in [7, 11) is 0. The maximum Gasteiger partial charge on any atom is 0.0528 e. The van der Waals surface area contributed by atoms with Crippen LogP contribution in [0.25, 0.3) is 0 Å². The van der Waals surface area contributed by atoms with E-state index >= 15 is 0 Å². The zero-order valence-corrected chi connectivity index (χ0v) is 8.83. The Balaban J connectivity index is 2.70. The van der Waals surface area contributed by atoms with Gasteiger partial charge < -0.3 is 5.32 Å². The van der Waals surface area contributed by atoms with Crippen molar-refractivity contribution in [1.82, 2.24) is 4.98 Å². The monoisotopic (exact) mass is 178 g/mol. The Kier molecular flexibility index (Phi) is 3.29. The van der Waals surface area contributed by atoms with E-state index in [1.165, 1.54) is 0 Å². The molecule has 0 bridgehead atoms.